The summed E-state index contributed by atoms with van der Waals surface area (Å²) in [4.78, 5) is 19.1. The van der Waals surface area contributed by atoms with Gasteiger partial charge in [-0.15, -0.1) is 0 Å². The van der Waals surface area contributed by atoms with E-state index in [-0.39, 0.29) is 12.0 Å². The molecular formula is C24H33N7O3. The van der Waals surface area contributed by atoms with Gasteiger partial charge in [-0.25, -0.2) is 4.98 Å². The van der Waals surface area contributed by atoms with Crippen LogP contribution in [0.1, 0.15) is 50.7 Å². The molecule has 3 N–H and O–H groups in total. The molecule has 10 nitrogen and oxygen atoms in total. The van der Waals surface area contributed by atoms with Gasteiger partial charge in [0.15, 0.2) is 18.0 Å². The number of rotatable bonds is 9. The lowest BCUT2D eigenvalue weighted by molar-refractivity contribution is -0.605. The van der Waals surface area contributed by atoms with E-state index >= 15 is 0 Å². The summed E-state index contributed by atoms with van der Waals surface area (Å²) in [6, 6.07) is 5.26. The highest BCUT2D eigenvalue weighted by molar-refractivity contribution is 5.74. The smallest absolute Gasteiger partial charge is 0.322 e. The van der Waals surface area contributed by atoms with E-state index in [0.29, 0.717) is 13.2 Å². The van der Waals surface area contributed by atoms with Gasteiger partial charge < -0.3 is 25.9 Å². The van der Waals surface area contributed by atoms with Crippen molar-refractivity contribution < 1.29 is 14.3 Å². The molecule has 1 fully saturated rings. The van der Waals surface area contributed by atoms with Crippen molar-refractivity contribution in [1.29, 1.82) is 0 Å². The van der Waals surface area contributed by atoms with Crippen molar-refractivity contribution in [2.75, 3.05) is 23.4 Å². The van der Waals surface area contributed by atoms with Gasteiger partial charge in [-0.05, 0) is 38.7 Å². The second kappa shape index (κ2) is 10.7. The van der Waals surface area contributed by atoms with Crippen molar-refractivity contribution >= 4 is 23.3 Å². The molecule has 3 aromatic heterocycles. The molecule has 0 bridgehead atoms. The van der Waals surface area contributed by atoms with Crippen LogP contribution in [-0.4, -0.2) is 45.8 Å². The summed E-state index contributed by atoms with van der Waals surface area (Å²) in [5.41, 5.74) is 8.38. The predicted octanol–water partition coefficient (Wildman–Crippen LogP) is 2.18. The first-order valence-electron chi connectivity index (χ1n) is 11.9. The van der Waals surface area contributed by atoms with Gasteiger partial charge >= 0.3 is 5.97 Å². The van der Waals surface area contributed by atoms with E-state index in [4.69, 9.17) is 15.5 Å². The number of carbonyl (C=O) groups excluding carboxylic acids is 1. The molecule has 0 spiro atoms. The number of esters is 1. The Hall–Kier alpha value is -3.40. The van der Waals surface area contributed by atoms with Gasteiger partial charge in [0, 0.05) is 48.8 Å². The molecule has 0 amide bonds. The largest absolute Gasteiger partial charge is 0.619 e. The second-order valence-electron chi connectivity index (χ2n) is 8.77. The molecular weight excluding hydrogens is 434 g/mol. The molecule has 0 aliphatic carbocycles. The quantitative estimate of drug-likeness (QED) is 0.279. The second-order valence-corrected chi connectivity index (χ2v) is 8.77. The maximum Gasteiger partial charge on any atom is 0.322 e. The Morgan fingerprint density at radius 1 is 1.44 bits per heavy atom. The Morgan fingerprint density at radius 3 is 3.06 bits per heavy atom. The summed E-state index contributed by atoms with van der Waals surface area (Å²) >= 11 is 0. The monoisotopic (exact) mass is 467 g/mol. The third-order valence-corrected chi connectivity index (χ3v) is 6.21. The number of piperidine rings is 1. The Balaban J connectivity index is 1.59. The van der Waals surface area contributed by atoms with E-state index < -0.39 is 6.04 Å². The van der Waals surface area contributed by atoms with Gasteiger partial charge in [0.1, 0.15) is 17.7 Å². The van der Waals surface area contributed by atoms with Crippen LogP contribution in [0.3, 0.4) is 0 Å². The molecule has 182 valence electrons. The van der Waals surface area contributed by atoms with Crippen molar-refractivity contribution in [3.05, 3.63) is 53.1 Å². The number of nitrogens with zero attached hydrogens (tertiary/aromatic N) is 5. The lowest BCUT2D eigenvalue weighted by Gasteiger charge is -2.37. The fraction of sp³-hybridized carbons (Fsp3) is 0.500. The van der Waals surface area contributed by atoms with Crippen molar-refractivity contribution in [3.8, 4) is 0 Å². The number of aromatic nitrogens is 4. The molecule has 0 unspecified atom stereocenters. The van der Waals surface area contributed by atoms with Crippen molar-refractivity contribution in [2.24, 2.45) is 5.73 Å². The highest BCUT2D eigenvalue weighted by Crippen LogP contribution is 2.29. The number of hydrogen-bond donors (Lipinski definition) is 2. The van der Waals surface area contributed by atoms with Crippen molar-refractivity contribution in [2.45, 2.75) is 64.6 Å². The molecule has 10 heteroatoms. The number of hydrogen-bond acceptors (Lipinski definition) is 8. The van der Waals surface area contributed by atoms with Gasteiger partial charge in [0.05, 0.1) is 12.8 Å². The first-order chi connectivity index (χ1) is 16.5. The van der Waals surface area contributed by atoms with Crippen LogP contribution >= 0.6 is 0 Å². The molecule has 2 atom stereocenters. The Labute approximate surface area is 199 Å². The lowest BCUT2D eigenvalue weighted by Crippen LogP contribution is -2.41. The Morgan fingerprint density at radius 2 is 2.29 bits per heavy atom. The van der Waals surface area contributed by atoms with Crippen LogP contribution in [-0.2, 0) is 22.5 Å². The van der Waals surface area contributed by atoms with Gasteiger partial charge in [0.2, 0.25) is 0 Å². The number of carbonyl (C=O) groups is 1. The minimum absolute atomic E-state index is 0.221. The number of nitrogens with one attached hydrogen (secondary N) is 1. The van der Waals surface area contributed by atoms with Crippen LogP contribution in [0, 0.1) is 5.21 Å². The van der Waals surface area contributed by atoms with Crippen molar-refractivity contribution in [3.63, 3.8) is 0 Å². The summed E-state index contributed by atoms with van der Waals surface area (Å²) in [5.74, 6) is 1.31. The molecule has 4 rings (SSSR count). The zero-order valence-corrected chi connectivity index (χ0v) is 19.8. The SMILES string of the molecule is CCc1cnn2c(NCc3ccc[n+]([O-])c3)cc(N3CCCC[C@H]3CCOC(=O)[C@@H](C)N)nc12. The third kappa shape index (κ3) is 5.39. The maximum absolute atomic E-state index is 11.8. The van der Waals surface area contributed by atoms with E-state index in [9.17, 15) is 10.0 Å². The van der Waals surface area contributed by atoms with Crippen LogP contribution < -0.4 is 20.7 Å². The molecule has 1 aliphatic rings. The van der Waals surface area contributed by atoms with E-state index in [1.54, 1.807) is 19.2 Å². The topological polar surface area (TPSA) is 125 Å². The summed E-state index contributed by atoms with van der Waals surface area (Å²) in [6.45, 7) is 5.43. The maximum atomic E-state index is 11.8. The van der Waals surface area contributed by atoms with Gasteiger partial charge in [0.25, 0.3) is 0 Å². The van der Waals surface area contributed by atoms with Gasteiger partial charge in [-0.2, -0.15) is 14.3 Å². The molecule has 0 aromatic carbocycles. The molecule has 0 saturated carbocycles. The number of aryl methyl sites for hydroxylation is 1. The van der Waals surface area contributed by atoms with E-state index in [1.165, 1.54) is 6.20 Å². The minimum atomic E-state index is -0.616. The van der Waals surface area contributed by atoms with Crippen LogP contribution in [0.2, 0.25) is 0 Å². The highest BCUT2D eigenvalue weighted by atomic mass is 16.5. The van der Waals surface area contributed by atoms with Crippen LogP contribution in [0.25, 0.3) is 5.65 Å². The van der Waals surface area contributed by atoms with Crippen molar-refractivity contribution in [1.82, 2.24) is 14.6 Å². The summed E-state index contributed by atoms with van der Waals surface area (Å²) in [5, 5.41) is 19.6. The zero-order valence-electron chi connectivity index (χ0n) is 19.8. The average molecular weight is 468 g/mol. The fourth-order valence-electron chi connectivity index (χ4n) is 4.35. The molecule has 1 aliphatic heterocycles. The third-order valence-electron chi connectivity index (χ3n) is 6.21. The standard InChI is InChI=1S/C24H33N7O3/c1-3-19-15-27-31-21(26-14-18-7-6-10-29(33)16-18)13-22(28-23(19)31)30-11-5-4-8-20(30)9-12-34-24(32)17(2)25/h6-7,10,13,15-17,20,26H,3-5,8-9,11-12,14,25H2,1-2H3/t17-,20+/m1/s1. The number of anilines is 2. The first kappa shape index (κ1) is 23.7. The molecule has 4 heterocycles. The fourth-order valence-corrected chi connectivity index (χ4v) is 4.35. The summed E-state index contributed by atoms with van der Waals surface area (Å²) < 4.78 is 7.96. The van der Waals surface area contributed by atoms with E-state index in [1.807, 2.05) is 22.8 Å². The molecule has 0 radical (unpaired) electrons. The van der Waals surface area contributed by atoms with Crippen LogP contribution in [0.4, 0.5) is 11.6 Å². The van der Waals surface area contributed by atoms with E-state index in [2.05, 4.69) is 22.2 Å². The van der Waals surface area contributed by atoms with Crippen LogP contribution in [0.5, 0.6) is 0 Å². The minimum Gasteiger partial charge on any atom is -0.619 e. The molecule has 3 aromatic rings. The normalized spacial score (nSPS) is 17.0. The lowest BCUT2D eigenvalue weighted by atomic mass is 9.99. The average Bonchev–Trinajstić information content (AvgIpc) is 3.26. The Bertz CT molecular complexity index is 1130. The predicted molar refractivity (Wildman–Crippen MR) is 129 cm³/mol. The first-order valence-corrected chi connectivity index (χ1v) is 11.9. The molecule has 1 saturated heterocycles. The zero-order chi connectivity index (χ0) is 24.1. The Kier molecular flexibility index (Phi) is 7.46. The molecule has 34 heavy (non-hydrogen) atoms. The van der Waals surface area contributed by atoms with E-state index in [0.717, 1.165) is 71.8 Å². The number of fused-ring (bicyclic) bond motifs is 1. The number of ether oxygens (including phenoxy) is 1. The highest BCUT2D eigenvalue weighted by Gasteiger charge is 2.26. The summed E-state index contributed by atoms with van der Waals surface area (Å²) in [6.07, 6.45) is 9.65. The van der Waals surface area contributed by atoms with Gasteiger partial charge in [-0.1, -0.05) is 6.92 Å². The van der Waals surface area contributed by atoms with Gasteiger partial charge in [-0.3, -0.25) is 4.79 Å². The summed E-state index contributed by atoms with van der Waals surface area (Å²) in [7, 11) is 0. The van der Waals surface area contributed by atoms with Crippen LogP contribution in [0.15, 0.2) is 36.8 Å². The number of pyridine rings is 1. The number of nitrogens with two attached hydrogens (primary N) is 1.